The molecule has 0 aliphatic heterocycles. The highest BCUT2D eigenvalue weighted by Gasteiger charge is 2.24. The Balaban J connectivity index is 1.72. The molecule has 1 aliphatic rings. The van der Waals surface area contributed by atoms with E-state index in [4.69, 9.17) is 11.5 Å². The Labute approximate surface area is 168 Å². The van der Waals surface area contributed by atoms with Gasteiger partial charge < -0.3 is 21.9 Å². The van der Waals surface area contributed by atoms with Crippen LogP contribution in [0.25, 0.3) is 16.8 Å². The van der Waals surface area contributed by atoms with Crippen LogP contribution in [0.3, 0.4) is 0 Å². The first-order valence-electron chi connectivity index (χ1n) is 9.81. The van der Waals surface area contributed by atoms with Crippen LogP contribution < -0.4 is 16.8 Å². The molecular weight excluding hydrogens is 370 g/mol. The van der Waals surface area contributed by atoms with Gasteiger partial charge >= 0.3 is 0 Å². The lowest BCUT2D eigenvalue weighted by atomic mass is 9.91. The number of nitrogens with zero attached hydrogens (tertiary/aromatic N) is 4. The van der Waals surface area contributed by atoms with Crippen molar-refractivity contribution in [2.24, 2.45) is 5.73 Å². The van der Waals surface area contributed by atoms with Crippen LogP contribution in [0.15, 0.2) is 30.7 Å². The third-order valence-electron chi connectivity index (χ3n) is 5.41. The molecule has 0 spiro atoms. The van der Waals surface area contributed by atoms with Crippen molar-refractivity contribution in [3.8, 4) is 11.3 Å². The van der Waals surface area contributed by atoms with E-state index in [1.54, 1.807) is 16.8 Å². The number of hydrogen-bond acceptors (Lipinski definition) is 7. The topological polar surface area (TPSA) is 144 Å². The van der Waals surface area contributed by atoms with Crippen LogP contribution in [0, 0.1) is 0 Å². The van der Waals surface area contributed by atoms with E-state index in [2.05, 4.69) is 20.4 Å². The van der Waals surface area contributed by atoms with Crippen molar-refractivity contribution in [2.45, 2.75) is 44.2 Å². The highest BCUT2D eigenvalue weighted by molar-refractivity contribution is 6.05. The zero-order chi connectivity index (χ0) is 20.4. The second-order valence-electron chi connectivity index (χ2n) is 7.44. The number of amides is 1. The van der Waals surface area contributed by atoms with Gasteiger partial charge in [-0.3, -0.25) is 9.78 Å². The third kappa shape index (κ3) is 3.92. The summed E-state index contributed by atoms with van der Waals surface area (Å²) in [6.45, 7) is 0.0131. The summed E-state index contributed by atoms with van der Waals surface area (Å²) in [5.41, 5.74) is 15.3. The minimum atomic E-state index is -0.194. The predicted molar refractivity (Wildman–Crippen MR) is 109 cm³/mol. The quantitative estimate of drug-likeness (QED) is 0.502. The van der Waals surface area contributed by atoms with Crippen LogP contribution in [0.1, 0.15) is 41.7 Å². The molecule has 0 radical (unpaired) electrons. The Morgan fingerprint density at radius 3 is 2.79 bits per heavy atom. The highest BCUT2D eigenvalue weighted by atomic mass is 16.3. The zero-order valence-electron chi connectivity index (χ0n) is 16.1. The monoisotopic (exact) mass is 395 g/mol. The Hall–Kier alpha value is -3.04. The van der Waals surface area contributed by atoms with Crippen molar-refractivity contribution in [1.82, 2.24) is 24.9 Å². The molecule has 9 heteroatoms. The van der Waals surface area contributed by atoms with Crippen LogP contribution in [0.4, 0.5) is 5.82 Å². The van der Waals surface area contributed by atoms with Crippen LogP contribution >= 0.6 is 0 Å². The standard InChI is InChI=1S/C20H25N7O2/c21-13-1-3-14(4-2-13)26-20(29)16-10-17(27-18(16)19(22)24-11-25-27)12-5-7-23-15(9-12)6-8-28/h5,7,9-11,13-14,28H,1-4,6,8,21H2,(H,26,29)(H2,22,24,25)/t13-,14-. The van der Waals surface area contributed by atoms with Gasteiger partial charge in [0, 0.05) is 42.6 Å². The van der Waals surface area contributed by atoms with E-state index in [0.29, 0.717) is 23.2 Å². The molecule has 152 valence electrons. The molecule has 6 N–H and O–H groups in total. The van der Waals surface area contributed by atoms with Crippen molar-refractivity contribution < 1.29 is 9.90 Å². The molecule has 0 unspecified atom stereocenters. The minimum Gasteiger partial charge on any atom is -0.396 e. The number of fused-ring (bicyclic) bond motifs is 1. The van der Waals surface area contributed by atoms with Gasteiger partial charge in [-0.25, -0.2) is 9.50 Å². The molecule has 3 aromatic rings. The van der Waals surface area contributed by atoms with Crippen molar-refractivity contribution in [3.05, 3.63) is 42.0 Å². The first-order chi connectivity index (χ1) is 14.1. The second kappa shape index (κ2) is 8.14. The zero-order valence-corrected chi connectivity index (χ0v) is 16.1. The molecule has 1 saturated carbocycles. The number of aliphatic hydroxyl groups is 1. The summed E-state index contributed by atoms with van der Waals surface area (Å²) in [4.78, 5) is 21.4. The Morgan fingerprint density at radius 2 is 2.03 bits per heavy atom. The number of nitrogens with two attached hydrogens (primary N) is 2. The third-order valence-corrected chi connectivity index (χ3v) is 5.41. The van der Waals surface area contributed by atoms with E-state index >= 15 is 0 Å². The van der Waals surface area contributed by atoms with Crippen LogP contribution in [-0.2, 0) is 6.42 Å². The molecule has 3 aromatic heterocycles. The Morgan fingerprint density at radius 1 is 1.24 bits per heavy atom. The highest BCUT2D eigenvalue weighted by Crippen LogP contribution is 2.28. The van der Waals surface area contributed by atoms with Crippen molar-refractivity contribution in [1.29, 1.82) is 0 Å². The number of hydrogen-bond donors (Lipinski definition) is 4. The van der Waals surface area contributed by atoms with Crippen molar-refractivity contribution in [3.63, 3.8) is 0 Å². The Bertz CT molecular complexity index is 1020. The smallest absolute Gasteiger partial charge is 0.253 e. The summed E-state index contributed by atoms with van der Waals surface area (Å²) >= 11 is 0. The molecule has 0 atom stereocenters. The number of carbonyl (C=O) groups is 1. The average Bonchev–Trinajstić information content (AvgIpc) is 3.11. The van der Waals surface area contributed by atoms with Crippen LogP contribution in [0.5, 0.6) is 0 Å². The van der Waals surface area contributed by atoms with Crippen LogP contribution in [-0.4, -0.2) is 49.3 Å². The van der Waals surface area contributed by atoms with Gasteiger partial charge in [0.25, 0.3) is 5.91 Å². The number of aliphatic hydroxyl groups excluding tert-OH is 1. The first-order valence-corrected chi connectivity index (χ1v) is 9.81. The normalized spacial score (nSPS) is 19.4. The van der Waals surface area contributed by atoms with E-state index in [0.717, 1.165) is 36.9 Å². The summed E-state index contributed by atoms with van der Waals surface area (Å²) in [5.74, 6) is 0.0482. The minimum absolute atomic E-state index is 0.0131. The molecule has 4 rings (SSSR count). The molecule has 3 heterocycles. The van der Waals surface area contributed by atoms with E-state index in [1.165, 1.54) is 6.33 Å². The lowest BCUT2D eigenvalue weighted by molar-refractivity contribution is 0.0927. The molecule has 1 fully saturated rings. The molecule has 0 bridgehead atoms. The molecule has 0 saturated heterocycles. The summed E-state index contributed by atoms with van der Waals surface area (Å²) in [5, 5.41) is 16.6. The lowest BCUT2D eigenvalue weighted by Crippen LogP contribution is -2.40. The fourth-order valence-corrected chi connectivity index (χ4v) is 3.86. The maximum Gasteiger partial charge on any atom is 0.253 e. The fraction of sp³-hybridized carbons (Fsp3) is 0.400. The van der Waals surface area contributed by atoms with Crippen LogP contribution in [0.2, 0.25) is 0 Å². The van der Waals surface area contributed by atoms with Gasteiger partial charge in [0.05, 0.1) is 11.3 Å². The summed E-state index contributed by atoms with van der Waals surface area (Å²) in [6.07, 6.45) is 7.04. The maximum atomic E-state index is 13.1. The predicted octanol–water partition coefficient (Wildman–Crippen LogP) is 0.908. The average molecular weight is 395 g/mol. The van der Waals surface area contributed by atoms with E-state index in [1.807, 2.05) is 12.1 Å². The van der Waals surface area contributed by atoms with E-state index in [9.17, 15) is 9.90 Å². The second-order valence-corrected chi connectivity index (χ2v) is 7.44. The van der Waals surface area contributed by atoms with Gasteiger partial charge in [0.2, 0.25) is 0 Å². The van der Waals surface area contributed by atoms with Gasteiger partial charge in [0.1, 0.15) is 11.8 Å². The van der Waals surface area contributed by atoms with Gasteiger partial charge in [-0.15, -0.1) is 0 Å². The SMILES string of the molecule is Nc1ncnn2c(-c3ccnc(CCO)c3)cc(C(=O)N[C@H]3CC[C@H](N)CC3)c12. The number of anilines is 1. The summed E-state index contributed by atoms with van der Waals surface area (Å²) in [6, 6.07) is 5.81. The maximum absolute atomic E-state index is 13.1. The largest absolute Gasteiger partial charge is 0.396 e. The van der Waals surface area contributed by atoms with Gasteiger partial charge in [-0.05, 0) is 43.9 Å². The van der Waals surface area contributed by atoms with E-state index < -0.39 is 0 Å². The van der Waals surface area contributed by atoms with Crippen molar-refractivity contribution >= 4 is 17.2 Å². The number of pyridine rings is 1. The summed E-state index contributed by atoms with van der Waals surface area (Å²) in [7, 11) is 0. The number of nitrogens with one attached hydrogen (secondary N) is 1. The van der Waals surface area contributed by atoms with Gasteiger partial charge in [-0.1, -0.05) is 0 Å². The fourth-order valence-electron chi connectivity index (χ4n) is 3.86. The summed E-state index contributed by atoms with van der Waals surface area (Å²) < 4.78 is 1.63. The number of aromatic nitrogens is 4. The molecule has 9 nitrogen and oxygen atoms in total. The Kier molecular flexibility index (Phi) is 5.41. The number of rotatable bonds is 5. The van der Waals surface area contributed by atoms with E-state index in [-0.39, 0.29) is 30.4 Å². The van der Waals surface area contributed by atoms with Gasteiger partial charge in [-0.2, -0.15) is 5.10 Å². The van der Waals surface area contributed by atoms with Crippen molar-refractivity contribution in [2.75, 3.05) is 12.3 Å². The lowest BCUT2D eigenvalue weighted by Gasteiger charge is -2.26. The number of nitrogen functional groups attached to an aromatic ring is 1. The molecule has 0 aromatic carbocycles. The van der Waals surface area contributed by atoms with Gasteiger partial charge in [0.15, 0.2) is 5.82 Å². The first kappa shape index (κ1) is 19.3. The number of carbonyl (C=O) groups excluding carboxylic acids is 1. The molecule has 1 amide bonds. The molecular formula is C20H25N7O2. The molecule has 29 heavy (non-hydrogen) atoms. The molecule has 1 aliphatic carbocycles.